The van der Waals surface area contributed by atoms with Gasteiger partial charge in [0.2, 0.25) is 0 Å². The molecule has 10 nitrogen and oxygen atoms in total. The van der Waals surface area contributed by atoms with E-state index in [0.29, 0.717) is 30.9 Å². The Kier molecular flexibility index (Phi) is 11.8. The van der Waals surface area contributed by atoms with Crippen LogP contribution in [0.2, 0.25) is 5.02 Å². The number of pyridine rings is 1. The first-order valence-corrected chi connectivity index (χ1v) is 19.3. The number of halogens is 6. The molecule has 2 atom stereocenters. The summed E-state index contributed by atoms with van der Waals surface area (Å²) in [4.78, 5) is 30.4. The fourth-order valence-corrected chi connectivity index (χ4v) is 8.12. The van der Waals surface area contributed by atoms with Gasteiger partial charge in [-0.05, 0) is 79.3 Å². The van der Waals surface area contributed by atoms with Gasteiger partial charge >= 0.3 is 18.3 Å². The normalized spacial score (nSPS) is 16.5. The zero-order valence-corrected chi connectivity index (χ0v) is 33.1. The molecule has 2 aliphatic heterocycles. The predicted octanol–water partition coefficient (Wildman–Crippen LogP) is 9.76. The molecule has 306 valence electrons. The Morgan fingerprint density at radius 1 is 0.897 bits per heavy atom. The number of aromatic nitrogens is 3. The number of alkyl halides is 3. The number of unbranched alkanes of at least 4 members (excludes halogenated alkanes) is 1. The van der Waals surface area contributed by atoms with Gasteiger partial charge in [0.15, 0.2) is 5.82 Å². The molecule has 0 N–H and O–H groups in total. The average molecular weight is 825 g/mol. The van der Waals surface area contributed by atoms with E-state index in [-0.39, 0.29) is 60.8 Å². The number of ether oxygens (including phenoxy) is 3. The van der Waals surface area contributed by atoms with Crippen LogP contribution in [0.1, 0.15) is 54.9 Å². The number of hydrogen-bond donors (Lipinski definition) is 0. The van der Waals surface area contributed by atoms with Crippen LogP contribution in [-0.4, -0.2) is 71.9 Å². The Balaban J connectivity index is 1.31. The average Bonchev–Trinajstić information content (AvgIpc) is 3.46. The molecule has 7 rings (SSSR count). The Hall–Kier alpha value is -5.44. The molecule has 58 heavy (non-hydrogen) atoms. The van der Waals surface area contributed by atoms with Crippen molar-refractivity contribution in [2.24, 2.45) is 0 Å². The molecular weight excluding hydrogens is 783 g/mol. The zero-order valence-electron chi connectivity index (χ0n) is 32.4. The molecule has 2 aromatic heterocycles. The minimum atomic E-state index is -4.98. The Labute approximate surface area is 337 Å². The van der Waals surface area contributed by atoms with E-state index >= 15 is 8.78 Å². The molecule has 1 amide bonds. The number of fused-ring (bicyclic) bond motifs is 3. The van der Waals surface area contributed by atoms with Gasteiger partial charge in [-0.2, -0.15) is 27.5 Å². The van der Waals surface area contributed by atoms with Crippen LogP contribution in [0.25, 0.3) is 22.2 Å². The second-order valence-corrected chi connectivity index (χ2v) is 14.9. The highest BCUT2D eigenvalue weighted by Gasteiger charge is 2.45. The Morgan fingerprint density at radius 2 is 1.48 bits per heavy atom. The summed E-state index contributed by atoms with van der Waals surface area (Å²) in [6.07, 6.45) is -3.73. The first kappa shape index (κ1) is 40.7. The summed E-state index contributed by atoms with van der Waals surface area (Å²) in [5.41, 5.74) is -1.83. The minimum absolute atomic E-state index is 0.00750. The standard InChI is InChI=1S/C42H42ClF5N6O4/c1-5-6-17-58-41(55)54-27-11-12-28(54)23-53(22-27)39-31-19-32(43)34(36(44)37(31)50-40(45)51-39)38-35(42(46,47)48)24(2)18-33(49-38)52(20-25-7-13-29(56-3)14-8-25)21-26-9-15-30(57-4)16-10-26/h7-10,13-16,18-19,27-28H,5-6,11-12,17,20-23H2,1-4H3. The fourth-order valence-electron chi connectivity index (χ4n) is 7.84. The molecule has 0 aliphatic carbocycles. The van der Waals surface area contributed by atoms with Crippen molar-refractivity contribution in [1.82, 2.24) is 19.9 Å². The molecule has 2 saturated heterocycles. The third kappa shape index (κ3) is 8.27. The van der Waals surface area contributed by atoms with Crippen molar-refractivity contribution in [3.8, 4) is 22.8 Å². The van der Waals surface area contributed by atoms with Crippen LogP contribution >= 0.6 is 11.6 Å². The summed E-state index contributed by atoms with van der Waals surface area (Å²) in [6, 6.07) is 16.4. The Bertz CT molecular complexity index is 2230. The van der Waals surface area contributed by atoms with Gasteiger partial charge in [-0.3, -0.25) is 4.90 Å². The van der Waals surface area contributed by atoms with Crippen LogP contribution in [0.15, 0.2) is 60.7 Å². The number of rotatable bonds is 12. The number of aryl methyl sites for hydroxylation is 1. The fraction of sp³-hybridized carbons (Fsp3) is 0.381. The largest absolute Gasteiger partial charge is 0.497 e. The highest BCUT2D eigenvalue weighted by molar-refractivity contribution is 6.34. The molecule has 2 aliphatic rings. The number of benzene rings is 3. The lowest BCUT2D eigenvalue weighted by molar-refractivity contribution is -0.137. The predicted molar refractivity (Wildman–Crippen MR) is 210 cm³/mol. The van der Waals surface area contributed by atoms with Crippen molar-refractivity contribution in [2.45, 2.75) is 70.9 Å². The van der Waals surface area contributed by atoms with Gasteiger partial charge in [0.25, 0.3) is 0 Å². The van der Waals surface area contributed by atoms with E-state index in [0.717, 1.165) is 24.0 Å². The maximum absolute atomic E-state index is 17.0. The monoisotopic (exact) mass is 824 g/mol. The van der Waals surface area contributed by atoms with Gasteiger partial charge in [-0.15, -0.1) is 0 Å². The van der Waals surface area contributed by atoms with Crippen molar-refractivity contribution in [3.05, 3.63) is 99.8 Å². The quantitative estimate of drug-likeness (QED) is 0.0693. The summed E-state index contributed by atoms with van der Waals surface area (Å²) < 4.78 is 93.4. The summed E-state index contributed by atoms with van der Waals surface area (Å²) in [5, 5.41) is -0.387. The third-order valence-corrected chi connectivity index (χ3v) is 11.0. The van der Waals surface area contributed by atoms with E-state index in [1.54, 1.807) is 53.2 Å². The van der Waals surface area contributed by atoms with Crippen LogP contribution in [0.4, 0.5) is 38.4 Å². The van der Waals surface area contributed by atoms with Gasteiger partial charge in [-0.1, -0.05) is 49.2 Å². The zero-order chi connectivity index (χ0) is 41.3. The van der Waals surface area contributed by atoms with Crippen molar-refractivity contribution >= 4 is 40.2 Å². The van der Waals surface area contributed by atoms with Crippen molar-refractivity contribution in [3.63, 3.8) is 0 Å². The molecular formula is C42H42ClF5N6O4. The number of piperazine rings is 1. The molecule has 3 aromatic carbocycles. The SMILES string of the molecule is CCCCOC(=O)N1C2CCC1CN(c1nc(F)nc3c(F)c(-c4nc(N(Cc5ccc(OC)cc5)Cc5ccc(OC)cc5)cc(C)c4C(F)(F)F)c(Cl)cc13)C2. The first-order valence-electron chi connectivity index (χ1n) is 18.9. The minimum Gasteiger partial charge on any atom is -0.497 e. The van der Waals surface area contributed by atoms with Gasteiger partial charge < -0.3 is 24.0 Å². The number of carbonyl (C=O) groups is 1. The summed E-state index contributed by atoms with van der Waals surface area (Å²) in [6.45, 7) is 4.46. The second kappa shape index (κ2) is 16.8. The van der Waals surface area contributed by atoms with E-state index in [1.807, 2.05) is 31.2 Å². The Morgan fingerprint density at radius 3 is 2.02 bits per heavy atom. The number of amides is 1. The first-order chi connectivity index (χ1) is 27.8. The van der Waals surface area contributed by atoms with E-state index in [4.69, 9.17) is 25.8 Å². The van der Waals surface area contributed by atoms with Gasteiger partial charge in [0.05, 0.1) is 54.8 Å². The van der Waals surface area contributed by atoms with Crippen LogP contribution in [0.3, 0.4) is 0 Å². The van der Waals surface area contributed by atoms with E-state index in [1.165, 1.54) is 19.1 Å². The van der Waals surface area contributed by atoms with Gasteiger partial charge in [0.1, 0.15) is 28.7 Å². The van der Waals surface area contributed by atoms with Gasteiger partial charge in [-0.25, -0.2) is 14.2 Å². The lowest BCUT2D eigenvalue weighted by Crippen LogP contribution is -2.56. The van der Waals surface area contributed by atoms with E-state index in [9.17, 15) is 18.0 Å². The number of nitrogens with zero attached hydrogens (tertiary/aromatic N) is 6. The lowest BCUT2D eigenvalue weighted by Gasteiger charge is -2.41. The number of anilines is 2. The van der Waals surface area contributed by atoms with Crippen LogP contribution in [0.5, 0.6) is 11.5 Å². The maximum atomic E-state index is 17.0. The summed E-state index contributed by atoms with van der Waals surface area (Å²) >= 11 is 6.79. The summed E-state index contributed by atoms with van der Waals surface area (Å²) in [5.74, 6) is 0.0950. The molecule has 16 heteroatoms. The topological polar surface area (TPSA) is 93.2 Å². The van der Waals surface area contributed by atoms with Crippen LogP contribution in [0, 0.1) is 18.8 Å². The van der Waals surface area contributed by atoms with Gasteiger partial charge in [0, 0.05) is 31.6 Å². The molecule has 0 radical (unpaired) electrons. The van der Waals surface area contributed by atoms with E-state index < -0.39 is 51.5 Å². The van der Waals surface area contributed by atoms with Crippen molar-refractivity contribution in [2.75, 3.05) is 43.7 Å². The number of methoxy groups -OCH3 is 2. The highest BCUT2D eigenvalue weighted by atomic mass is 35.5. The maximum Gasteiger partial charge on any atom is 0.418 e. The molecule has 4 heterocycles. The molecule has 2 bridgehead atoms. The number of hydrogen-bond acceptors (Lipinski definition) is 9. The lowest BCUT2D eigenvalue weighted by atomic mass is 9.98. The molecule has 0 spiro atoms. The number of carbonyl (C=O) groups excluding carboxylic acids is 1. The smallest absolute Gasteiger partial charge is 0.418 e. The van der Waals surface area contributed by atoms with E-state index in [2.05, 4.69) is 15.0 Å². The molecule has 0 saturated carbocycles. The highest BCUT2D eigenvalue weighted by Crippen LogP contribution is 2.45. The molecule has 5 aromatic rings. The summed E-state index contributed by atoms with van der Waals surface area (Å²) in [7, 11) is 3.08. The van der Waals surface area contributed by atoms with Crippen LogP contribution < -0.4 is 19.3 Å². The molecule has 2 fully saturated rings. The molecule has 2 unspecified atom stereocenters. The van der Waals surface area contributed by atoms with Crippen LogP contribution in [-0.2, 0) is 24.0 Å². The second-order valence-electron chi connectivity index (χ2n) is 14.5. The third-order valence-electron chi connectivity index (χ3n) is 10.7. The van der Waals surface area contributed by atoms with Crippen molar-refractivity contribution in [1.29, 1.82) is 0 Å². The van der Waals surface area contributed by atoms with Crippen molar-refractivity contribution < 1.29 is 41.0 Å².